The van der Waals surface area contributed by atoms with Crippen LogP contribution >= 0.6 is 0 Å². The molecule has 1 aromatic heterocycles. The van der Waals surface area contributed by atoms with Crippen molar-refractivity contribution in [1.82, 2.24) is 9.97 Å². The van der Waals surface area contributed by atoms with Crippen molar-refractivity contribution < 1.29 is 9.53 Å². The van der Waals surface area contributed by atoms with E-state index in [9.17, 15) is 4.79 Å². The van der Waals surface area contributed by atoms with E-state index in [1.54, 1.807) is 0 Å². The summed E-state index contributed by atoms with van der Waals surface area (Å²) in [6, 6.07) is 7.91. The SMILES string of the molecule is Cc1cccc(NC(=O)[C@H]2CCc3nc(N4CCOCC4)ncc3C2)c1. The first-order chi connectivity index (χ1) is 12.7. The van der Waals surface area contributed by atoms with Gasteiger partial charge in [0.25, 0.3) is 0 Å². The van der Waals surface area contributed by atoms with Crippen LogP contribution in [0.2, 0.25) is 0 Å². The lowest BCUT2D eigenvalue weighted by Crippen LogP contribution is -2.38. The van der Waals surface area contributed by atoms with Crippen LogP contribution in [0.4, 0.5) is 11.6 Å². The third-order valence-corrected chi connectivity index (χ3v) is 5.09. The van der Waals surface area contributed by atoms with Crippen LogP contribution < -0.4 is 10.2 Å². The minimum absolute atomic E-state index is 0.0270. The van der Waals surface area contributed by atoms with Gasteiger partial charge in [-0.3, -0.25) is 4.79 Å². The number of nitrogens with one attached hydrogen (secondary N) is 1. The van der Waals surface area contributed by atoms with E-state index in [1.807, 2.05) is 37.4 Å². The fraction of sp³-hybridized carbons (Fsp3) is 0.450. The van der Waals surface area contributed by atoms with Gasteiger partial charge in [-0.2, -0.15) is 0 Å². The second kappa shape index (κ2) is 7.41. The number of fused-ring (bicyclic) bond motifs is 1. The number of morpholine rings is 1. The smallest absolute Gasteiger partial charge is 0.227 e. The van der Waals surface area contributed by atoms with Gasteiger partial charge in [0, 0.05) is 36.6 Å². The molecular formula is C20H24N4O2. The standard InChI is InChI=1S/C20H24N4O2/c1-14-3-2-4-17(11-14)22-19(25)15-5-6-18-16(12-15)13-21-20(23-18)24-7-9-26-10-8-24/h2-4,11,13,15H,5-10,12H2,1H3,(H,22,25)/t15-/m0/s1. The van der Waals surface area contributed by atoms with Crippen LogP contribution in [0, 0.1) is 12.8 Å². The maximum absolute atomic E-state index is 12.6. The molecule has 0 radical (unpaired) electrons. The zero-order valence-corrected chi connectivity index (χ0v) is 15.1. The normalized spacial score (nSPS) is 19.7. The maximum atomic E-state index is 12.6. The topological polar surface area (TPSA) is 67.4 Å². The second-order valence-electron chi connectivity index (χ2n) is 7.04. The molecule has 1 amide bonds. The first-order valence-electron chi connectivity index (χ1n) is 9.24. The zero-order valence-electron chi connectivity index (χ0n) is 15.1. The summed E-state index contributed by atoms with van der Waals surface area (Å²) in [6.45, 7) is 5.14. The Bertz CT molecular complexity index is 802. The molecule has 6 nitrogen and oxygen atoms in total. The number of ether oxygens (including phenoxy) is 1. The van der Waals surface area contributed by atoms with Gasteiger partial charge in [0.05, 0.1) is 13.2 Å². The monoisotopic (exact) mass is 352 g/mol. The number of anilines is 2. The minimum atomic E-state index is -0.0270. The van der Waals surface area contributed by atoms with Crippen molar-refractivity contribution in [2.75, 3.05) is 36.5 Å². The van der Waals surface area contributed by atoms with E-state index in [4.69, 9.17) is 9.72 Å². The number of nitrogens with zero attached hydrogens (tertiary/aromatic N) is 3. The van der Waals surface area contributed by atoms with Crippen molar-refractivity contribution in [2.45, 2.75) is 26.2 Å². The average Bonchev–Trinajstić information content (AvgIpc) is 2.68. The van der Waals surface area contributed by atoms with Crippen LogP contribution in [0.25, 0.3) is 0 Å². The van der Waals surface area contributed by atoms with Crippen molar-refractivity contribution in [3.8, 4) is 0 Å². The Kier molecular flexibility index (Phi) is 4.84. The van der Waals surface area contributed by atoms with Gasteiger partial charge < -0.3 is 15.0 Å². The number of hydrogen-bond donors (Lipinski definition) is 1. The minimum Gasteiger partial charge on any atom is -0.378 e. The number of rotatable bonds is 3. The summed E-state index contributed by atoms with van der Waals surface area (Å²) in [6.07, 6.45) is 4.25. The molecule has 4 rings (SSSR count). The van der Waals surface area contributed by atoms with E-state index in [0.29, 0.717) is 6.42 Å². The van der Waals surface area contributed by atoms with Gasteiger partial charge in [0.1, 0.15) is 0 Å². The van der Waals surface area contributed by atoms with Crippen molar-refractivity contribution in [1.29, 1.82) is 0 Å². The van der Waals surface area contributed by atoms with Crippen LogP contribution in [0.3, 0.4) is 0 Å². The van der Waals surface area contributed by atoms with E-state index in [2.05, 4.69) is 15.2 Å². The summed E-state index contributed by atoms with van der Waals surface area (Å²) in [5.74, 6) is 0.842. The zero-order chi connectivity index (χ0) is 17.9. The molecule has 0 unspecified atom stereocenters. The third kappa shape index (κ3) is 3.70. The van der Waals surface area contributed by atoms with Gasteiger partial charge in [-0.05, 0) is 49.4 Å². The average molecular weight is 352 g/mol. The molecule has 2 aromatic rings. The highest BCUT2D eigenvalue weighted by Gasteiger charge is 2.27. The molecule has 0 spiro atoms. The first kappa shape index (κ1) is 17.0. The Morgan fingerprint density at radius 1 is 1.31 bits per heavy atom. The van der Waals surface area contributed by atoms with Crippen molar-refractivity contribution in [2.24, 2.45) is 5.92 Å². The highest BCUT2D eigenvalue weighted by atomic mass is 16.5. The Morgan fingerprint density at radius 3 is 2.96 bits per heavy atom. The number of benzene rings is 1. The van der Waals surface area contributed by atoms with Crippen molar-refractivity contribution in [3.63, 3.8) is 0 Å². The molecule has 26 heavy (non-hydrogen) atoms. The van der Waals surface area contributed by atoms with Gasteiger partial charge >= 0.3 is 0 Å². The molecule has 1 fully saturated rings. The fourth-order valence-electron chi connectivity index (χ4n) is 3.60. The summed E-state index contributed by atoms with van der Waals surface area (Å²) >= 11 is 0. The van der Waals surface area contributed by atoms with Gasteiger partial charge in [-0.1, -0.05) is 12.1 Å². The van der Waals surface area contributed by atoms with E-state index in [-0.39, 0.29) is 11.8 Å². The van der Waals surface area contributed by atoms with Crippen LogP contribution in [0.15, 0.2) is 30.5 Å². The number of amides is 1. The molecule has 0 bridgehead atoms. The lowest BCUT2D eigenvalue weighted by molar-refractivity contribution is -0.120. The van der Waals surface area contributed by atoms with E-state index in [0.717, 1.165) is 67.6 Å². The van der Waals surface area contributed by atoms with Gasteiger partial charge in [-0.15, -0.1) is 0 Å². The highest BCUT2D eigenvalue weighted by molar-refractivity contribution is 5.93. The molecule has 136 valence electrons. The summed E-state index contributed by atoms with van der Waals surface area (Å²) < 4.78 is 5.39. The second-order valence-corrected chi connectivity index (χ2v) is 7.04. The molecule has 1 aliphatic heterocycles. The molecule has 1 atom stereocenters. The van der Waals surface area contributed by atoms with Crippen LogP contribution in [0.1, 0.15) is 23.2 Å². The van der Waals surface area contributed by atoms with Gasteiger partial charge in [0.2, 0.25) is 11.9 Å². The summed E-state index contributed by atoms with van der Waals surface area (Å²) in [5, 5.41) is 3.04. The first-order valence-corrected chi connectivity index (χ1v) is 9.24. The Labute approximate surface area is 153 Å². The van der Waals surface area contributed by atoms with Crippen LogP contribution in [0.5, 0.6) is 0 Å². The van der Waals surface area contributed by atoms with E-state index < -0.39 is 0 Å². The lowest BCUT2D eigenvalue weighted by Gasteiger charge is -2.28. The molecule has 1 saturated heterocycles. The van der Waals surface area contributed by atoms with E-state index in [1.165, 1.54) is 0 Å². The number of aromatic nitrogens is 2. The van der Waals surface area contributed by atoms with E-state index >= 15 is 0 Å². The molecule has 0 saturated carbocycles. The summed E-state index contributed by atoms with van der Waals surface area (Å²) in [5.41, 5.74) is 4.18. The largest absolute Gasteiger partial charge is 0.378 e. The molecule has 1 aliphatic carbocycles. The third-order valence-electron chi connectivity index (χ3n) is 5.09. The molecule has 1 aromatic carbocycles. The summed E-state index contributed by atoms with van der Waals surface area (Å²) in [4.78, 5) is 24.1. The number of hydrogen-bond acceptors (Lipinski definition) is 5. The molecule has 2 heterocycles. The molecular weight excluding hydrogens is 328 g/mol. The Balaban J connectivity index is 1.43. The number of carbonyl (C=O) groups excluding carboxylic acids is 1. The van der Waals surface area contributed by atoms with Crippen molar-refractivity contribution >= 4 is 17.5 Å². The predicted octanol–water partition coefficient (Wildman–Crippen LogP) is 2.37. The Morgan fingerprint density at radius 2 is 2.15 bits per heavy atom. The number of aryl methyl sites for hydroxylation is 2. The van der Waals surface area contributed by atoms with Crippen LogP contribution in [-0.4, -0.2) is 42.2 Å². The molecule has 2 aliphatic rings. The fourth-order valence-corrected chi connectivity index (χ4v) is 3.60. The maximum Gasteiger partial charge on any atom is 0.227 e. The van der Waals surface area contributed by atoms with Gasteiger partial charge in [-0.25, -0.2) is 9.97 Å². The predicted molar refractivity (Wildman–Crippen MR) is 100 cm³/mol. The Hall–Kier alpha value is -2.47. The van der Waals surface area contributed by atoms with Gasteiger partial charge in [0.15, 0.2) is 0 Å². The highest BCUT2D eigenvalue weighted by Crippen LogP contribution is 2.26. The number of carbonyl (C=O) groups is 1. The quantitative estimate of drug-likeness (QED) is 0.918. The lowest BCUT2D eigenvalue weighted by atomic mass is 9.86. The van der Waals surface area contributed by atoms with Crippen molar-refractivity contribution in [3.05, 3.63) is 47.3 Å². The summed E-state index contributed by atoms with van der Waals surface area (Å²) in [7, 11) is 0. The van der Waals surface area contributed by atoms with Crippen LogP contribution in [-0.2, 0) is 22.4 Å². The molecule has 1 N–H and O–H groups in total. The molecule has 6 heteroatoms.